The van der Waals surface area contributed by atoms with Crippen LogP contribution in [0.2, 0.25) is 0 Å². The molecule has 0 saturated carbocycles. The molecule has 0 fully saturated rings. The van der Waals surface area contributed by atoms with Gasteiger partial charge >= 0.3 is 0 Å². The number of rotatable bonds is 5. The van der Waals surface area contributed by atoms with Crippen LogP contribution in [0.15, 0.2) is 4.99 Å². The molecule has 0 bridgehead atoms. The minimum absolute atomic E-state index is 0. The van der Waals surface area contributed by atoms with E-state index in [2.05, 4.69) is 15.6 Å². The zero-order valence-electron chi connectivity index (χ0n) is 8.59. The molecule has 0 atom stereocenters. The van der Waals surface area contributed by atoms with Gasteiger partial charge in [-0.2, -0.15) is 0 Å². The zero-order valence-corrected chi connectivity index (χ0v) is 9.41. The fourth-order valence-corrected chi connectivity index (χ4v) is 1.30. The van der Waals surface area contributed by atoms with Crippen LogP contribution in [-0.2, 0) is 0 Å². The lowest BCUT2D eigenvalue weighted by atomic mass is 10.2. The molecule has 14 heavy (non-hydrogen) atoms. The third-order valence-corrected chi connectivity index (χ3v) is 2.07. The maximum absolute atomic E-state index is 5.40. The van der Waals surface area contributed by atoms with Gasteiger partial charge in [0.15, 0.2) is 5.96 Å². The van der Waals surface area contributed by atoms with Crippen molar-refractivity contribution in [2.24, 2.45) is 10.7 Å². The van der Waals surface area contributed by atoms with Crippen molar-refractivity contribution in [1.82, 2.24) is 10.6 Å². The predicted molar refractivity (Wildman–Crippen MR) is 63.1 cm³/mol. The number of hydrogen-bond donors (Lipinski definition) is 3. The van der Waals surface area contributed by atoms with Crippen LogP contribution in [0.5, 0.6) is 0 Å². The number of nitrogens with zero attached hydrogens (tertiary/aromatic N) is 1. The summed E-state index contributed by atoms with van der Waals surface area (Å²) in [5.74, 6) is 0.971. The van der Waals surface area contributed by atoms with Gasteiger partial charge in [-0.1, -0.05) is 6.42 Å². The molecule has 4 nitrogen and oxygen atoms in total. The predicted octanol–water partition coefficient (Wildman–Crippen LogP) is 0.476. The summed E-state index contributed by atoms with van der Waals surface area (Å²) in [7, 11) is 0. The molecule has 0 aromatic carbocycles. The highest BCUT2D eigenvalue weighted by Gasteiger charge is 2.01. The Morgan fingerprint density at radius 2 is 2.21 bits per heavy atom. The van der Waals surface area contributed by atoms with Gasteiger partial charge in [-0.05, 0) is 25.8 Å². The van der Waals surface area contributed by atoms with E-state index in [-0.39, 0.29) is 12.4 Å². The van der Waals surface area contributed by atoms with Crippen LogP contribution >= 0.6 is 12.4 Å². The van der Waals surface area contributed by atoms with Gasteiger partial charge in [-0.25, -0.2) is 0 Å². The Balaban J connectivity index is 0.00000169. The highest BCUT2D eigenvalue weighted by atomic mass is 35.5. The van der Waals surface area contributed by atoms with Crippen molar-refractivity contribution < 1.29 is 0 Å². The number of hydrogen-bond acceptors (Lipinski definition) is 4. The summed E-state index contributed by atoms with van der Waals surface area (Å²) >= 11 is 0. The molecule has 5 heteroatoms. The first-order valence-electron chi connectivity index (χ1n) is 5.16. The van der Waals surface area contributed by atoms with E-state index in [1.807, 2.05) is 0 Å². The van der Waals surface area contributed by atoms with Crippen molar-refractivity contribution in [3.05, 3.63) is 0 Å². The molecule has 0 radical (unpaired) electrons. The minimum atomic E-state index is 0. The van der Waals surface area contributed by atoms with Crippen molar-refractivity contribution in [2.75, 3.05) is 26.2 Å². The third-order valence-electron chi connectivity index (χ3n) is 2.07. The second kappa shape index (κ2) is 9.09. The molecule has 84 valence electrons. The summed E-state index contributed by atoms with van der Waals surface area (Å²) in [6.45, 7) is 3.82. The van der Waals surface area contributed by atoms with Crippen molar-refractivity contribution >= 4 is 18.4 Å². The number of nitrogens with one attached hydrogen (secondary N) is 2. The lowest BCUT2D eigenvalue weighted by molar-refractivity contribution is 0.647. The second-order valence-corrected chi connectivity index (χ2v) is 3.29. The SMILES string of the molecule is Cl.NCCCCCNC1=NCCCN1. The average molecular weight is 221 g/mol. The Labute approximate surface area is 92.1 Å². The number of nitrogens with two attached hydrogens (primary N) is 1. The van der Waals surface area contributed by atoms with Gasteiger partial charge in [0.25, 0.3) is 0 Å². The number of aliphatic imine (C=N–C) groups is 1. The highest BCUT2D eigenvalue weighted by Crippen LogP contribution is 1.92. The lowest BCUT2D eigenvalue weighted by Gasteiger charge is -2.15. The van der Waals surface area contributed by atoms with Crippen molar-refractivity contribution in [1.29, 1.82) is 0 Å². The van der Waals surface area contributed by atoms with Gasteiger partial charge in [-0.15, -0.1) is 12.4 Å². The highest BCUT2D eigenvalue weighted by molar-refractivity contribution is 5.85. The topological polar surface area (TPSA) is 62.4 Å². The first kappa shape index (κ1) is 13.5. The quantitative estimate of drug-likeness (QED) is 0.591. The first-order chi connectivity index (χ1) is 6.43. The van der Waals surface area contributed by atoms with Crippen LogP contribution in [0.3, 0.4) is 0 Å². The second-order valence-electron chi connectivity index (χ2n) is 3.29. The first-order valence-corrected chi connectivity index (χ1v) is 5.16. The van der Waals surface area contributed by atoms with Crippen LogP contribution in [0, 0.1) is 0 Å². The van der Waals surface area contributed by atoms with Gasteiger partial charge in [0.1, 0.15) is 0 Å². The van der Waals surface area contributed by atoms with Gasteiger partial charge in [0.05, 0.1) is 0 Å². The molecule has 0 aromatic heterocycles. The fourth-order valence-electron chi connectivity index (χ4n) is 1.30. The van der Waals surface area contributed by atoms with Crippen molar-refractivity contribution in [2.45, 2.75) is 25.7 Å². The standard InChI is InChI=1S/C9H20N4.ClH/c10-5-2-1-3-6-11-9-12-7-4-8-13-9;/h1-8,10H2,(H2,11,12,13);1H. The summed E-state index contributed by atoms with van der Waals surface area (Å²) in [6, 6.07) is 0. The van der Waals surface area contributed by atoms with E-state index >= 15 is 0 Å². The van der Waals surface area contributed by atoms with E-state index in [0.29, 0.717) is 0 Å². The maximum atomic E-state index is 5.40. The molecule has 4 N–H and O–H groups in total. The smallest absolute Gasteiger partial charge is 0.191 e. The summed E-state index contributed by atoms with van der Waals surface area (Å²) in [6.07, 6.45) is 4.66. The molecule has 0 amide bonds. The molecule has 0 saturated heterocycles. The molecule has 0 aliphatic carbocycles. The van der Waals surface area contributed by atoms with Crippen LogP contribution in [0.1, 0.15) is 25.7 Å². The van der Waals surface area contributed by atoms with E-state index in [0.717, 1.165) is 45.0 Å². The number of guanidine groups is 1. The largest absolute Gasteiger partial charge is 0.356 e. The van der Waals surface area contributed by atoms with Crippen molar-refractivity contribution in [3.8, 4) is 0 Å². The van der Waals surface area contributed by atoms with E-state index in [1.54, 1.807) is 0 Å². The Morgan fingerprint density at radius 3 is 2.86 bits per heavy atom. The monoisotopic (exact) mass is 220 g/mol. The summed E-state index contributed by atoms with van der Waals surface area (Å²) < 4.78 is 0. The third kappa shape index (κ3) is 6.05. The molecular weight excluding hydrogens is 200 g/mol. The normalized spacial score (nSPS) is 15.1. The summed E-state index contributed by atoms with van der Waals surface area (Å²) in [5.41, 5.74) is 5.40. The van der Waals surface area contributed by atoms with E-state index in [4.69, 9.17) is 5.73 Å². The van der Waals surface area contributed by atoms with Crippen LogP contribution in [0.4, 0.5) is 0 Å². The number of unbranched alkanes of at least 4 members (excludes halogenated alkanes) is 2. The molecule has 1 aliphatic heterocycles. The zero-order chi connectivity index (χ0) is 9.36. The maximum Gasteiger partial charge on any atom is 0.191 e. The van der Waals surface area contributed by atoms with E-state index in [9.17, 15) is 0 Å². The van der Waals surface area contributed by atoms with Gasteiger partial charge in [-0.3, -0.25) is 4.99 Å². The van der Waals surface area contributed by atoms with Crippen molar-refractivity contribution in [3.63, 3.8) is 0 Å². The molecule has 0 aromatic rings. The van der Waals surface area contributed by atoms with Gasteiger partial charge in [0.2, 0.25) is 0 Å². The lowest BCUT2D eigenvalue weighted by Crippen LogP contribution is -2.41. The van der Waals surface area contributed by atoms with E-state index in [1.165, 1.54) is 12.8 Å². The Kier molecular flexibility index (Phi) is 8.78. The number of halogens is 1. The fraction of sp³-hybridized carbons (Fsp3) is 0.889. The van der Waals surface area contributed by atoms with Gasteiger partial charge in [0, 0.05) is 19.6 Å². The minimum Gasteiger partial charge on any atom is -0.356 e. The van der Waals surface area contributed by atoms with E-state index < -0.39 is 0 Å². The van der Waals surface area contributed by atoms with Crippen LogP contribution in [-0.4, -0.2) is 32.1 Å². The molecule has 1 rings (SSSR count). The molecule has 1 heterocycles. The Bertz CT molecular complexity index is 161. The molecular formula is C9H21ClN4. The molecule has 1 aliphatic rings. The Hall–Kier alpha value is -0.480. The van der Waals surface area contributed by atoms with Gasteiger partial charge < -0.3 is 16.4 Å². The molecule has 0 spiro atoms. The van der Waals surface area contributed by atoms with Crippen LogP contribution in [0.25, 0.3) is 0 Å². The summed E-state index contributed by atoms with van der Waals surface area (Å²) in [5, 5.41) is 6.50. The Morgan fingerprint density at radius 1 is 1.36 bits per heavy atom. The summed E-state index contributed by atoms with van der Waals surface area (Å²) in [4.78, 5) is 4.32. The van der Waals surface area contributed by atoms with Crippen LogP contribution < -0.4 is 16.4 Å². The molecule has 0 unspecified atom stereocenters. The average Bonchev–Trinajstić information content (AvgIpc) is 2.19.